The molecule has 1 aromatic rings. The summed E-state index contributed by atoms with van der Waals surface area (Å²) in [4.78, 5) is 24.4. The van der Waals surface area contributed by atoms with E-state index in [0.29, 0.717) is 12.8 Å². The highest BCUT2D eigenvalue weighted by Gasteiger charge is 2.42. The molecule has 8 heteroatoms. The van der Waals surface area contributed by atoms with E-state index in [2.05, 4.69) is 5.32 Å². The number of halogens is 3. The van der Waals surface area contributed by atoms with Gasteiger partial charge in [-0.1, -0.05) is 30.3 Å². The summed E-state index contributed by atoms with van der Waals surface area (Å²) in [5.74, 6) is -2.49. The number of nitrogens with one attached hydrogen (secondary N) is 1. The predicted octanol–water partition coefficient (Wildman–Crippen LogP) is 3.45. The van der Waals surface area contributed by atoms with E-state index < -0.39 is 30.1 Å². The van der Waals surface area contributed by atoms with Gasteiger partial charge in [-0.2, -0.15) is 13.2 Å². The number of likely N-dealkylation sites (tertiary alicyclic amines) is 1. The number of carboxylic acids is 1. The number of hydrogen-bond acceptors (Lipinski definition) is 2. The molecule has 1 aliphatic heterocycles. The summed E-state index contributed by atoms with van der Waals surface area (Å²) >= 11 is 0. The van der Waals surface area contributed by atoms with Gasteiger partial charge in [-0.05, 0) is 31.2 Å². The Morgan fingerprint density at radius 1 is 1.27 bits per heavy atom. The van der Waals surface area contributed by atoms with Crippen LogP contribution in [0.3, 0.4) is 0 Å². The van der Waals surface area contributed by atoms with E-state index in [9.17, 15) is 22.8 Å². The first kappa shape index (κ1) is 20.1. The molecule has 1 aliphatic rings. The van der Waals surface area contributed by atoms with Gasteiger partial charge >= 0.3 is 18.2 Å². The quantitative estimate of drug-likeness (QED) is 0.804. The van der Waals surface area contributed by atoms with Crippen molar-refractivity contribution in [2.24, 2.45) is 5.92 Å². The average Bonchev–Trinajstić information content (AvgIpc) is 2.60. The molecule has 2 unspecified atom stereocenters. The number of nitrogens with zero attached hydrogens (tertiary/aromatic N) is 1. The number of carbonyl (C=O) groups is 2. The minimum absolute atomic E-state index is 0.0275. The molecule has 1 saturated heterocycles. The van der Waals surface area contributed by atoms with Crippen LogP contribution in [0.1, 0.15) is 31.2 Å². The molecule has 0 radical (unpaired) electrons. The lowest BCUT2D eigenvalue weighted by atomic mass is 9.97. The molecule has 1 aromatic carbocycles. The highest BCUT2D eigenvalue weighted by atomic mass is 19.4. The van der Waals surface area contributed by atoms with E-state index in [1.54, 1.807) is 0 Å². The number of urea groups is 1. The summed E-state index contributed by atoms with van der Waals surface area (Å²) in [6, 6.07) is 8.23. The van der Waals surface area contributed by atoms with Crippen LogP contribution in [0.2, 0.25) is 0 Å². The maximum Gasteiger partial charge on any atom is 0.393 e. The normalized spacial score (nSPS) is 19.0. The van der Waals surface area contributed by atoms with Crippen LogP contribution < -0.4 is 5.32 Å². The van der Waals surface area contributed by atoms with Crippen LogP contribution in [-0.2, 0) is 11.2 Å². The number of piperidine rings is 1. The molecule has 0 saturated carbocycles. The van der Waals surface area contributed by atoms with Crippen molar-refractivity contribution in [3.63, 3.8) is 0 Å². The van der Waals surface area contributed by atoms with Crippen molar-refractivity contribution in [2.45, 2.75) is 44.3 Å². The zero-order valence-corrected chi connectivity index (χ0v) is 14.3. The summed E-state index contributed by atoms with van der Waals surface area (Å²) < 4.78 is 38.7. The van der Waals surface area contributed by atoms with Crippen molar-refractivity contribution in [1.29, 1.82) is 0 Å². The molecule has 0 bridgehead atoms. The lowest BCUT2D eigenvalue weighted by molar-refractivity contribution is -0.184. The SMILES string of the molecule is O=C(O)CCC(Cc1ccccc1)NC(=O)N1CCCC(C(F)(F)F)C1. The van der Waals surface area contributed by atoms with Crippen LogP contribution in [0, 0.1) is 5.92 Å². The maximum atomic E-state index is 12.9. The highest BCUT2D eigenvalue weighted by molar-refractivity contribution is 5.75. The van der Waals surface area contributed by atoms with Crippen LogP contribution >= 0.6 is 0 Å². The van der Waals surface area contributed by atoms with Gasteiger partial charge in [0.05, 0.1) is 5.92 Å². The maximum absolute atomic E-state index is 12.9. The summed E-state index contributed by atoms with van der Waals surface area (Å²) in [7, 11) is 0. The van der Waals surface area contributed by atoms with E-state index >= 15 is 0 Å². The van der Waals surface area contributed by atoms with Crippen LogP contribution in [0.5, 0.6) is 0 Å². The van der Waals surface area contributed by atoms with Crippen molar-refractivity contribution in [1.82, 2.24) is 10.2 Å². The first-order chi connectivity index (χ1) is 12.3. The fraction of sp³-hybridized carbons (Fsp3) is 0.556. The molecule has 26 heavy (non-hydrogen) atoms. The standard InChI is InChI=1S/C18H23F3N2O3/c19-18(20,21)14-7-4-10-23(12-14)17(26)22-15(8-9-16(24)25)11-13-5-2-1-3-6-13/h1-3,5-6,14-15H,4,7-12H2,(H,22,26)(H,24,25). The van der Waals surface area contributed by atoms with Crippen LogP contribution in [-0.4, -0.2) is 47.3 Å². The second-order valence-electron chi connectivity index (χ2n) is 6.60. The van der Waals surface area contributed by atoms with Gasteiger partial charge < -0.3 is 15.3 Å². The monoisotopic (exact) mass is 372 g/mol. The molecule has 1 fully saturated rings. The first-order valence-electron chi connectivity index (χ1n) is 8.63. The number of carbonyl (C=O) groups excluding carboxylic acids is 1. The fourth-order valence-electron chi connectivity index (χ4n) is 3.12. The molecule has 2 N–H and O–H groups in total. The van der Waals surface area contributed by atoms with Gasteiger partial charge in [-0.3, -0.25) is 4.79 Å². The summed E-state index contributed by atoms with van der Waals surface area (Å²) in [6.07, 6.45) is -3.46. The van der Waals surface area contributed by atoms with Gasteiger partial charge in [0.1, 0.15) is 0 Å². The zero-order chi connectivity index (χ0) is 19.2. The zero-order valence-electron chi connectivity index (χ0n) is 14.3. The largest absolute Gasteiger partial charge is 0.481 e. The van der Waals surface area contributed by atoms with Gasteiger partial charge in [0.15, 0.2) is 0 Å². The Balaban J connectivity index is 1.99. The summed E-state index contributed by atoms with van der Waals surface area (Å²) in [5, 5.41) is 11.6. The van der Waals surface area contributed by atoms with Crippen molar-refractivity contribution in [3.8, 4) is 0 Å². The van der Waals surface area contributed by atoms with Gasteiger partial charge in [0.25, 0.3) is 0 Å². The molecule has 0 aromatic heterocycles. The van der Waals surface area contributed by atoms with Gasteiger partial charge in [0, 0.05) is 25.6 Å². The third-order valence-corrected chi connectivity index (χ3v) is 4.53. The topological polar surface area (TPSA) is 69.6 Å². The Bertz CT molecular complexity index is 607. The smallest absolute Gasteiger partial charge is 0.393 e. The number of aliphatic carboxylic acids is 1. The van der Waals surface area contributed by atoms with Crippen LogP contribution in [0.25, 0.3) is 0 Å². The lowest BCUT2D eigenvalue weighted by Gasteiger charge is -2.34. The van der Waals surface area contributed by atoms with E-state index in [4.69, 9.17) is 5.11 Å². The molecule has 0 spiro atoms. The summed E-state index contributed by atoms with van der Waals surface area (Å²) in [6.45, 7) is -0.0816. The summed E-state index contributed by atoms with van der Waals surface area (Å²) in [5.41, 5.74) is 0.926. The minimum atomic E-state index is -4.31. The number of rotatable bonds is 6. The molecular formula is C18H23F3N2O3. The minimum Gasteiger partial charge on any atom is -0.481 e. The lowest BCUT2D eigenvalue weighted by Crippen LogP contribution is -2.51. The number of alkyl halides is 3. The fourth-order valence-corrected chi connectivity index (χ4v) is 3.12. The van der Waals surface area contributed by atoms with Crippen LogP contribution in [0.15, 0.2) is 30.3 Å². The Morgan fingerprint density at radius 3 is 2.58 bits per heavy atom. The van der Waals surface area contributed by atoms with Gasteiger partial charge in [0.2, 0.25) is 0 Å². The molecule has 0 aliphatic carbocycles. The van der Waals surface area contributed by atoms with Crippen molar-refractivity contribution in [2.75, 3.05) is 13.1 Å². The third-order valence-electron chi connectivity index (χ3n) is 4.53. The predicted molar refractivity (Wildman–Crippen MR) is 89.7 cm³/mol. The molecule has 144 valence electrons. The molecule has 1 heterocycles. The number of amides is 2. The van der Waals surface area contributed by atoms with Crippen molar-refractivity contribution < 1.29 is 27.9 Å². The molecule has 5 nitrogen and oxygen atoms in total. The average molecular weight is 372 g/mol. The Kier molecular flexibility index (Phi) is 6.88. The Morgan fingerprint density at radius 2 is 1.96 bits per heavy atom. The molecule has 2 atom stereocenters. The second-order valence-corrected chi connectivity index (χ2v) is 6.60. The van der Waals surface area contributed by atoms with E-state index in [1.807, 2.05) is 30.3 Å². The number of hydrogen-bond donors (Lipinski definition) is 2. The molecule has 2 amide bonds. The number of benzene rings is 1. The second kappa shape index (κ2) is 8.91. The molecule has 2 rings (SSSR count). The van der Waals surface area contributed by atoms with Gasteiger partial charge in [-0.25, -0.2) is 4.79 Å². The molecular weight excluding hydrogens is 349 g/mol. The Hall–Kier alpha value is -2.25. The van der Waals surface area contributed by atoms with E-state index in [0.717, 1.165) is 5.56 Å². The van der Waals surface area contributed by atoms with E-state index in [-0.39, 0.29) is 32.4 Å². The highest BCUT2D eigenvalue weighted by Crippen LogP contribution is 2.33. The van der Waals surface area contributed by atoms with Gasteiger partial charge in [-0.15, -0.1) is 0 Å². The van der Waals surface area contributed by atoms with E-state index in [1.165, 1.54) is 4.90 Å². The van der Waals surface area contributed by atoms with Crippen LogP contribution in [0.4, 0.5) is 18.0 Å². The first-order valence-corrected chi connectivity index (χ1v) is 8.63. The van der Waals surface area contributed by atoms with Crippen molar-refractivity contribution >= 4 is 12.0 Å². The number of carboxylic acid groups (broad SMARTS) is 1. The Labute approximate surface area is 150 Å². The third kappa shape index (κ3) is 6.24. The van der Waals surface area contributed by atoms with Crippen molar-refractivity contribution in [3.05, 3.63) is 35.9 Å².